The summed E-state index contributed by atoms with van der Waals surface area (Å²) in [6.45, 7) is 4.29. The lowest BCUT2D eigenvalue weighted by atomic mass is 10.0. The Bertz CT molecular complexity index is 241. The molecule has 0 aliphatic heterocycles. The molecule has 0 aliphatic rings. The molecule has 0 aromatic heterocycles. The Morgan fingerprint density at radius 1 is 0.947 bits per heavy atom. The van der Waals surface area contributed by atoms with Crippen molar-refractivity contribution in [2.24, 2.45) is 0 Å². The van der Waals surface area contributed by atoms with Gasteiger partial charge >= 0.3 is 11.9 Å². The summed E-state index contributed by atoms with van der Waals surface area (Å²) in [5.41, 5.74) is 0. The molecule has 0 heterocycles. The predicted molar refractivity (Wildman–Crippen MR) is 75.0 cm³/mol. The van der Waals surface area contributed by atoms with Gasteiger partial charge in [0, 0.05) is 0 Å². The molecular weight excluding hydrogens is 244 g/mol. The smallest absolute Gasteiger partial charge is 0.306 e. The minimum absolute atomic E-state index is 0.0204. The minimum Gasteiger partial charge on any atom is -0.481 e. The van der Waals surface area contributed by atoms with Gasteiger partial charge in [-0.15, -0.1) is 0 Å². The van der Waals surface area contributed by atoms with Crippen molar-refractivity contribution in [1.82, 2.24) is 0 Å². The summed E-state index contributed by atoms with van der Waals surface area (Å²) in [4.78, 5) is 21.9. The molecule has 19 heavy (non-hydrogen) atoms. The van der Waals surface area contributed by atoms with Crippen LogP contribution in [0.3, 0.4) is 0 Å². The minimum atomic E-state index is -0.953. The summed E-state index contributed by atoms with van der Waals surface area (Å²) < 4.78 is 5.39. The molecule has 0 rings (SSSR count). The topological polar surface area (TPSA) is 63.6 Å². The van der Waals surface area contributed by atoms with E-state index >= 15 is 0 Å². The van der Waals surface area contributed by atoms with E-state index in [2.05, 4.69) is 13.8 Å². The van der Waals surface area contributed by atoms with E-state index in [1.807, 2.05) is 0 Å². The molecule has 0 unspecified atom stereocenters. The third-order valence-electron chi connectivity index (χ3n) is 3.10. The lowest BCUT2D eigenvalue weighted by molar-refractivity contribution is -0.152. The van der Waals surface area contributed by atoms with Gasteiger partial charge in [0.25, 0.3) is 0 Å². The molecule has 1 N–H and O–H groups in total. The lowest BCUT2D eigenvalue weighted by Gasteiger charge is -2.17. The van der Waals surface area contributed by atoms with Gasteiger partial charge in [0.2, 0.25) is 0 Å². The molecule has 0 saturated carbocycles. The third-order valence-corrected chi connectivity index (χ3v) is 3.10. The Kier molecular flexibility index (Phi) is 11.3. The molecule has 4 nitrogen and oxygen atoms in total. The number of carbonyl (C=O) groups excluding carboxylic acids is 1. The van der Waals surface area contributed by atoms with E-state index < -0.39 is 5.97 Å². The Labute approximate surface area is 116 Å². The molecule has 0 aromatic carbocycles. The Morgan fingerprint density at radius 2 is 1.47 bits per heavy atom. The quantitative estimate of drug-likeness (QED) is 0.432. The third kappa shape index (κ3) is 11.7. The summed E-state index contributed by atoms with van der Waals surface area (Å²) in [6.07, 6.45) is 8.34. The van der Waals surface area contributed by atoms with Gasteiger partial charge < -0.3 is 9.84 Å². The van der Waals surface area contributed by atoms with Crippen molar-refractivity contribution >= 4 is 11.9 Å². The molecule has 0 aliphatic carbocycles. The van der Waals surface area contributed by atoms with Gasteiger partial charge in [0.1, 0.15) is 6.10 Å². The molecule has 0 spiro atoms. The highest BCUT2D eigenvalue weighted by Crippen LogP contribution is 2.15. The second-order valence-corrected chi connectivity index (χ2v) is 5.00. The number of rotatable bonds is 12. The molecular formula is C15H28O4. The lowest BCUT2D eigenvalue weighted by Crippen LogP contribution is -2.19. The summed E-state index contributed by atoms with van der Waals surface area (Å²) >= 11 is 0. The number of esters is 1. The van der Waals surface area contributed by atoms with Crippen molar-refractivity contribution in [1.29, 1.82) is 0 Å². The SMILES string of the molecule is CCCCCC(CCCCC)OC(=O)CCC(=O)O. The molecule has 0 saturated heterocycles. The number of carboxylic acids is 1. The molecule has 0 radical (unpaired) electrons. The van der Waals surface area contributed by atoms with Gasteiger partial charge in [-0.2, -0.15) is 0 Å². The maximum absolute atomic E-state index is 11.5. The van der Waals surface area contributed by atoms with Crippen LogP contribution in [0, 0.1) is 0 Å². The fourth-order valence-electron chi connectivity index (χ4n) is 1.96. The summed E-state index contributed by atoms with van der Waals surface area (Å²) in [6, 6.07) is 0. The number of ether oxygens (including phenoxy) is 1. The zero-order valence-corrected chi connectivity index (χ0v) is 12.3. The second kappa shape index (κ2) is 12.0. The van der Waals surface area contributed by atoms with Gasteiger partial charge in [0.05, 0.1) is 12.8 Å². The van der Waals surface area contributed by atoms with Crippen LogP contribution in [0.25, 0.3) is 0 Å². The van der Waals surface area contributed by atoms with Crippen molar-refractivity contribution in [3.8, 4) is 0 Å². The first-order valence-electron chi connectivity index (χ1n) is 7.51. The predicted octanol–water partition coefficient (Wildman–Crippen LogP) is 3.92. The van der Waals surface area contributed by atoms with E-state index in [-0.39, 0.29) is 24.9 Å². The summed E-state index contributed by atoms with van der Waals surface area (Å²) in [5.74, 6) is -1.33. The van der Waals surface area contributed by atoms with Gasteiger partial charge in [-0.25, -0.2) is 0 Å². The van der Waals surface area contributed by atoms with Crippen molar-refractivity contribution in [2.45, 2.75) is 84.2 Å². The van der Waals surface area contributed by atoms with Crippen LogP contribution in [0.15, 0.2) is 0 Å². The first kappa shape index (κ1) is 17.9. The summed E-state index contributed by atoms with van der Waals surface area (Å²) in [7, 11) is 0. The number of unbranched alkanes of at least 4 members (excludes halogenated alkanes) is 4. The van der Waals surface area contributed by atoms with Crippen LogP contribution in [-0.2, 0) is 14.3 Å². The number of carboxylic acid groups (broad SMARTS) is 1. The average molecular weight is 272 g/mol. The van der Waals surface area contributed by atoms with Gasteiger partial charge in [-0.3, -0.25) is 9.59 Å². The monoisotopic (exact) mass is 272 g/mol. The highest BCUT2D eigenvalue weighted by molar-refractivity contribution is 5.76. The Balaban J connectivity index is 3.99. The highest BCUT2D eigenvalue weighted by Gasteiger charge is 2.14. The molecule has 0 aromatic rings. The fraction of sp³-hybridized carbons (Fsp3) is 0.867. The first-order valence-corrected chi connectivity index (χ1v) is 7.51. The van der Waals surface area contributed by atoms with E-state index in [0.29, 0.717) is 0 Å². The van der Waals surface area contributed by atoms with Crippen LogP contribution in [0.2, 0.25) is 0 Å². The Hall–Kier alpha value is -1.06. The van der Waals surface area contributed by atoms with Crippen molar-refractivity contribution in [2.75, 3.05) is 0 Å². The van der Waals surface area contributed by atoms with Gasteiger partial charge in [-0.1, -0.05) is 39.5 Å². The zero-order valence-electron chi connectivity index (χ0n) is 12.3. The number of aliphatic carboxylic acids is 1. The van der Waals surface area contributed by atoms with E-state index in [9.17, 15) is 9.59 Å². The molecule has 0 fully saturated rings. The van der Waals surface area contributed by atoms with Crippen LogP contribution in [0.4, 0.5) is 0 Å². The van der Waals surface area contributed by atoms with Crippen molar-refractivity contribution < 1.29 is 19.4 Å². The molecule has 0 atom stereocenters. The average Bonchev–Trinajstić information content (AvgIpc) is 2.36. The van der Waals surface area contributed by atoms with Crippen LogP contribution in [0.1, 0.15) is 78.1 Å². The van der Waals surface area contributed by atoms with E-state index in [4.69, 9.17) is 9.84 Å². The van der Waals surface area contributed by atoms with E-state index in [0.717, 1.165) is 51.4 Å². The molecule has 0 bridgehead atoms. The maximum Gasteiger partial charge on any atom is 0.306 e. The maximum atomic E-state index is 11.5. The van der Waals surface area contributed by atoms with Crippen molar-refractivity contribution in [3.05, 3.63) is 0 Å². The zero-order chi connectivity index (χ0) is 14.5. The highest BCUT2D eigenvalue weighted by atomic mass is 16.5. The van der Waals surface area contributed by atoms with Gasteiger partial charge in [0.15, 0.2) is 0 Å². The second-order valence-electron chi connectivity index (χ2n) is 5.00. The van der Waals surface area contributed by atoms with E-state index in [1.165, 1.54) is 0 Å². The largest absolute Gasteiger partial charge is 0.481 e. The molecule has 0 amide bonds. The Morgan fingerprint density at radius 3 is 1.89 bits per heavy atom. The number of hydrogen-bond acceptors (Lipinski definition) is 3. The van der Waals surface area contributed by atoms with Crippen LogP contribution < -0.4 is 0 Å². The van der Waals surface area contributed by atoms with Gasteiger partial charge in [-0.05, 0) is 25.7 Å². The standard InChI is InChI=1S/C15H28O4/c1-3-5-7-9-13(10-8-6-4-2)19-15(18)12-11-14(16)17/h13H,3-12H2,1-2H3,(H,16,17). The number of hydrogen-bond donors (Lipinski definition) is 1. The van der Waals surface area contributed by atoms with Crippen molar-refractivity contribution in [3.63, 3.8) is 0 Å². The normalized spacial score (nSPS) is 10.7. The first-order chi connectivity index (χ1) is 9.10. The van der Waals surface area contributed by atoms with Crippen LogP contribution in [-0.4, -0.2) is 23.1 Å². The fourth-order valence-corrected chi connectivity index (χ4v) is 1.96. The van der Waals surface area contributed by atoms with E-state index in [1.54, 1.807) is 0 Å². The summed E-state index contributed by atoms with van der Waals surface area (Å²) in [5, 5.41) is 8.54. The number of carbonyl (C=O) groups is 2. The van der Waals surface area contributed by atoms with Crippen LogP contribution >= 0.6 is 0 Å². The molecule has 4 heteroatoms. The van der Waals surface area contributed by atoms with Crippen LogP contribution in [0.5, 0.6) is 0 Å². The molecule has 112 valence electrons.